The van der Waals surface area contributed by atoms with Gasteiger partial charge in [-0.2, -0.15) is 0 Å². The Hall–Kier alpha value is -1.66. The van der Waals surface area contributed by atoms with Crippen LogP contribution in [0.1, 0.15) is 42.5 Å². The number of rotatable bonds is 7. The van der Waals surface area contributed by atoms with E-state index in [1.165, 1.54) is 44.4 Å². The second kappa shape index (κ2) is 8.70. The number of aliphatic hydroxyl groups excluding tert-OH is 1. The Morgan fingerprint density at radius 2 is 2.09 bits per heavy atom. The van der Waals surface area contributed by atoms with Crippen LogP contribution in [0.15, 0.2) is 27.6 Å². The van der Waals surface area contributed by atoms with Gasteiger partial charge in [0.1, 0.15) is 0 Å². The maximum Gasteiger partial charge on any atom is 0.336 e. The molecule has 122 valence electrons. The van der Waals surface area contributed by atoms with E-state index in [0.717, 1.165) is 12.6 Å². The van der Waals surface area contributed by atoms with Gasteiger partial charge in [0.05, 0.1) is 12.4 Å². The summed E-state index contributed by atoms with van der Waals surface area (Å²) in [5.74, 6) is 0.318. The largest absolute Gasteiger partial charge is 0.431 e. The summed E-state index contributed by atoms with van der Waals surface area (Å²) >= 11 is 0. The number of nitrogens with one attached hydrogen (secondary N) is 2. The second-order valence-corrected chi connectivity index (χ2v) is 5.87. The smallest absolute Gasteiger partial charge is 0.336 e. The van der Waals surface area contributed by atoms with E-state index in [9.17, 15) is 14.7 Å². The minimum Gasteiger partial charge on any atom is -0.431 e. The molecule has 1 aromatic rings. The van der Waals surface area contributed by atoms with Crippen LogP contribution in [0.3, 0.4) is 0 Å². The van der Waals surface area contributed by atoms with E-state index in [1.54, 1.807) is 0 Å². The number of aliphatic hydroxyl groups is 1. The molecule has 0 aliphatic heterocycles. The third-order valence-corrected chi connectivity index (χ3v) is 4.00. The van der Waals surface area contributed by atoms with Crippen molar-refractivity contribution in [1.29, 1.82) is 0 Å². The van der Waals surface area contributed by atoms with E-state index >= 15 is 0 Å². The molecule has 1 unspecified atom stereocenters. The van der Waals surface area contributed by atoms with Crippen LogP contribution in [0.5, 0.6) is 0 Å². The normalized spacial score (nSPS) is 17.1. The van der Waals surface area contributed by atoms with Gasteiger partial charge < -0.3 is 20.2 Å². The van der Waals surface area contributed by atoms with Crippen LogP contribution in [-0.4, -0.2) is 36.8 Å². The zero-order chi connectivity index (χ0) is 15.8. The summed E-state index contributed by atoms with van der Waals surface area (Å²) in [6, 6.07) is 2.55. The monoisotopic (exact) mass is 308 g/mol. The van der Waals surface area contributed by atoms with Gasteiger partial charge in [0, 0.05) is 24.7 Å². The Labute approximate surface area is 129 Å². The van der Waals surface area contributed by atoms with Gasteiger partial charge in [0.15, 0.2) is 0 Å². The summed E-state index contributed by atoms with van der Waals surface area (Å²) in [7, 11) is 0. The summed E-state index contributed by atoms with van der Waals surface area (Å²) in [6.45, 7) is 1.52. The Kier molecular flexibility index (Phi) is 6.61. The minimum atomic E-state index is -0.646. The SMILES string of the molecule is O=C(NCC(O)CNCC1CCCCC1)c1ccoc(=O)c1. The van der Waals surface area contributed by atoms with Gasteiger partial charge in [-0.3, -0.25) is 4.79 Å². The molecule has 1 aliphatic carbocycles. The van der Waals surface area contributed by atoms with Crippen molar-refractivity contribution in [3.05, 3.63) is 34.4 Å². The maximum atomic E-state index is 11.8. The molecule has 1 fully saturated rings. The Morgan fingerprint density at radius 1 is 1.32 bits per heavy atom. The predicted octanol–water partition coefficient (Wildman–Crippen LogP) is 0.900. The van der Waals surface area contributed by atoms with Crippen LogP contribution < -0.4 is 16.3 Å². The van der Waals surface area contributed by atoms with Gasteiger partial charge in [-0.15, -0.1) is 0 Å². The van der Waals surface area contributed by atoms with E-state index in [1.807, 2.05) is 0 Å². The fourth-order valence-electron chi connectivity index (χ4n) is 2.75. The van der Waals surface area contributed by atoms with Gasteiger partial charge in [-0.05, 0) is 31.4 Å². The zero-order valence-corrected chi connectivity index (χ0v) is 12.7. The minimum absolute atomic E-state index is 0.150. The van der Waals surface area contributed by atoms with Crippen LogP contribution in [0, 0.1) is 5.92 Å². The van der Waals surface area contributed by atoms with Gasteiger partial charge >= 0.3 is 5.63 Å². The molecule has 0 bridgehead atoms. The summed E-state index contributed by atoms with van der Waals surface area (Å²) in [4.78, 5) is 22.8. The Balaban J connectivity index is 1.63. The van der Waals surface area contributed by atoms with Crippen molar-refractivity contribution in [2.75, 3.05) is 19.6 Å². The van der Waals surface area contributed by atoms with Crippen molar-refractivity contribution in [2.45, 2.75) is 38.2 Å². The third kappa shape index (κ3) is 5.61. The number of hydrogen-bond donors (Lipinski definition) is 3. The quantitative estimate of drug-likeness (QED) is 0.696. The standard InChI is InChI=1S/C16H24N2O4/c19-14(10-17-9-12-4-2-1-3-5-12)11-18-16(21)13-6-7-22-15(20)8-13/h6-8,12,14,17,19H,1-5,9-11H2,(H,18,21). The van der Waals surface area contributed by atoms with E-state index in [-0.39, 0.29) is 18.0 Å². The third-order valence-electron chi connectivity index (χ3n) is 4.00. The molecule has 1 amide bonds. The molecule has 6 nitrogen and oxygen atoms in total. The van der Waals surface area contributed by atoms with E-state index in [0.29, 0.717) is 12.5 Å². The number of amides is 1. The van der Waals surface area contributed by atoms with E-state index in [2.05, 4.69) is 15.1 Å². The van der Waals surface area contributed by atoms with E-state index < -0.39 is 11.7 Å². The topological polar surface area (TPSA) is 91.6 Å². The van der Waals surface area contributed by atoms with Crippen LogP contribution in [0.4, 0.5) is 0 Å². The molecule has 0 radical (unpaired) electrons. The van der Waals surface area contributed by atoms with Crippen molar-refractivity contribution < 1.29 is 14.3 Å². The first-order valence-electron chi connectivity index (χ1n) is 7.91. The predicted molar refractivity (Wildman–Crippen MR) is 82.8 cm³/mol. The first-order valence-corrected chi connectivity index (χ1v) is 7.91. The van der Waals surface area contributed by atoms with Crippen molar-refractivity contribution in [1.82, 2.24) is 10.6 Å². The average Bonchev–Trinajstić information content (AvgIpc) is 2.53. The molecule has 0 spiro atoms. The van der Waals surface area contributed by atoms with Crippen molar-refractivity contribution in [3.63, 3.8) is 0 Å². The first kappa shape index (κ1) is 16.7. The summed E-state index contributed by atoms with van der Waals surface area (Å²) in [5.41, 5.74) is -0.332. The highest BCUT2D eigenvalue weighted by atomic mass is 16.4. The fraction of sp³-hybridized carbons (Fsp3) is 0.625. The van der Waals surface area contributed by atoms with Gasteiger partial charge in [-0.25, -0.2) is 4.79 Å². The molecule has 1 atom stereocenters. The number of carbonyl (C=O) groups excluding carboxylic acids is 1. The van der Waals surface area contributed by atoms with Crippen molar-refractivity contribution >= 4 is 5.91 Å². The van der Waals surface area contributed by atoms with E-state index in [4.69, 9.17) is 0 Å². The van der Waals surface area contributed by atoms with Crippen molar-refractivity contribution in [2.24, 2.45) is 5.92 Å². The van der Waals surface area contributed by atoms with Crippen LogP contribution in [0.2, 0.25) is 0 Å². The summed E-state index contributed by atoms with van der Waals surface area (Å²) in [6.07, 6.45) is 6.99. The summed E-state index contributed by atoms with van der Waals surface area (Å²) < 4.78 is 4.56. The number of hydrogen-bond acceptors (Lipinski definition) is 5. The lowest BCUT2D eigenvalue weighted by atomic mass is 9.89. The zero-order valence-electron chi connectivity index (χ0n) is 12.7. The van der Waals surface area contributed by atoms with Crippen LogP contribution in [-0.2, 0) is 0 Å². The summed E-state index contributed by atoms with van der Waals surface area (Å²) in [5, 5.41) is 15.7. The highest BCUT2D eigenvalue weighted by Crippen LogP contribution is 2.22. The highest BCUT2D eigenvalue weighted by molar-refractivity contribution is 5.93. The molecule has 1 aliphatic rings. The maximum absolute atomic E-state index is 11.8. The molecule has 1 heterocycles. The molecule has 1 saturated carbocycles. The molecule has 2 rings (SSSR count). The molecular formula is C16H24N2O4. The molecule has 1 aromatic heterocycles. The lowest BCUT2D eigenvalue weighted by molar-refractivity contribution is 0.0913. The fourth-order valence-corrected chi connectivity index (χ4v) is 2.75. The number of carbonyl (C=O) groups is 1. The van der Waals surface area contributed by atoms with Gasteiger partial charge in [0.25, 0.3) is 5.91 Å². The first-order chi connectivity index (χ1) is 10.6. The molecular weight excluding hydrogens is 284 g/mol. The second-order valence-electron chi connectivity index (χ2n) is 5.87. The van der Waals surface area contributed by atoms with Crippen molar-refractivity contribution in [3.8, 4) is 0 Å². The lowest BCUT2D eigenvalue weighted by Crippen LogP contribution is -2.39. The van der Waals surface area contributed by atoms with Crippen LogP contribution in [0.25, 0.3) is 0 Å². The van der Waals surface area contributed by atoms with Gasteiger partial charge in [0.2, 0.25) is 0 Å². The Morgan fingerprint density at radius 3 is 2.82 bits per heavy atom. The molecule has 6 heteroatoms. The average molecular weight is 308 g/mol. The Bertz CT molecular complexity index is 523. The lowest BCUT2D eigenvalue weighted by Gasteiger charge is -2.22. The van der Waals surface area contributed by atoms with Gasteiger partial charge in [-0.1, -0.05) is 19.3 Å². The highest BCUT2D eigenvalue weighted by Gasteiger charge is 2.14. The molecule has 0 aromatic carbocycles. The molecule has 0 saturated heterocycles. The van der Waals surface area contributed by atoms with Crippen LogP contribution >= 0.6 is 0 Å². The molecule has 22 heavy (non-hydrogen) atoms. The molecule has 3 N–H and O–H groups in total.